The molecule has 6 heteroatoms. The van der Waals surface area contributed by atoms with Crippen molar-refractivity contribution in [3.63, 3.8) is 0 Å². The van der Waals surface area contributed by atoms with E-state index in [1.54, 1.807) is 0 Å². The minimum Gasteiger partial charge on any atom is -0.205 e. The second-order valence-electron chi connectivity index (χ2n) is 2.58. The van der Waals surface area contributed by atoms with Crippen LogP contribution in [0.3, 0.4) is 0 Å². The smallest absolute Gasteiger partial charge is 0.205 e. The lowest BCUT2D eigenvalue weighted by molar-refractivity contribution is -0.0328. The molecule has 0 aliphatic heterocycles. The van der Waals surface area contributed by atoms with Gasteiger partial charge in [-0.25, -0.2) is 4.39 Å². The third-order valence-electron chi connectivity index (χ3n) is 1.42. The Morgan fingerprint density at radius 3 is 2.29 bits per heavy atom. The zero-order valence-electron chi connectivity index (χ0n) is 6.95. The topological polar surface area (TPSA) is 0 Å². The maximum atomic E-state index is 12.9. The summed E-state index contributed by atoms with van der Waals surface area (Å²) in [6, 6.07) is 2.07. The molecule has 0 aromatic heterocycles. The van der Waals surface area contributed by atoms with E-state index in [0.29, 0.717) is 0 Å². The summed E-state index contributed by atoms with van der Waals surface area (Å²) in [5.41, 5.74) is -4.28. The van der Waals surface area contributed by atoms with Gasteiger partial charge in [-0.15, -0.1) is 0 Å². The quantitative estimate of drug-likeness (QED) is 0.521. The Morgan fingerprint density at radius 1 is 1.29 bits per heavy atom. The Bertz CT molecular complexity index is 325. The lowest BCUT2D eigenvalue weighted by atomic mass is 10.2. The molecule has 14 heavy (non-hydrogen) atoms. The van der Waals surface area contributed by atoms with Crippen molar-refractivity contribution in [1.29, 1.82) is 0 Å². The highest BCUT2D eigenvalue weighted by Crippen LogP contribution is 2.38. The molecule has 0 saturated carbocycles. The van der Waals surface area contributed by atoms with Gasteiger partial charge in [-0.05, 0) is 36.4 Å². The van der Waals surface area contributed by atoms with E-state index in [4.69, 9.17) is 11.6 Å². The van der Waals surface area contributed by atoms with E-state index < -0.39 is 11.3 Å². The van der Waals surface area contributed by atoms with Crippen LogP contribution in [0.4, 0.5) is 17.6 Å². The number of hydrogen-bond donors (Lipinski definition) is 0. The van der Waals surface area contributed by atoms with E-state index in [1.165, 1.54) is 6.92 Å². The molecule has 0 aliphatic carbocycles. The lowest BCUT2D eigenvalue weighted by Crippen LogP contribution is -1.99. The van der Waals surface area contributed by atoms with Gasteiger partial charge in [-0.3, -0.25) is 0 Å². The van der Waals surface area contributed by atoms with Gasteiger partial charge in [-0.1, -0.05) is 11.6 Å². The normalized spacial score (nSPS) is 11.9. The summed E-state index contributed by atoms with van der Waals surface area (Å²) in [5, 5.41) is -0.295. The van der Waals surface area contributed by atoms with Gasteiger partial charge in [0.1, 0.15) is 5.82 Å². The fraction of sp³-hybridized carbons (Fsp3) is 0.250. The summed E-state index contributed by atoms with van der Waals surface area (Å²) < 4.78 is 48.7. The van der Waals surface area contributed by atoms with Gasteiger partial charge < -0.3 is 0 Å². The Balaban J connectivity index is 3.02. The van der Waals surface area contributed by atoms with E-state index in [9.17, 15) is 17.6 Å². The molecule has 0 N–H and O–H groups in total. The van der Waals surface area contributed by atoms with Crippen LogP contribution in [0.1, 0.15) is 5.56 Å². The molecule has 0 nitrogen and oxygen atoms in total. The van der Waals surface area contributed by atoms with Gasteiger partial charge in [0, 0.05) is 4.90 Å². The Morgan fingerprint density at radius 2 is 1.86 bits per heavy atom. The molecule has 78 valence electrons. The summed E-state index contributed by atoms with van der Waals surface area (Å²) in [5.74, 6) is -0.682. The zero-order valence-corrected chi connectivity index (χ0v) is 8.53. The number of aryl methyl sites for hydroxylation is 1. The van der Waals surface area contributed by atoms with Crippen LogP contribution in [0.2, 0.25) is 5.02 Å². The summed E-state index contributed by atoms with van der Waals surface area (Å²) >= 11 is 5.08. The first kappa shape index (κ1) is 11.7. The van der Waals surface area contributed by atoms with Gasteiger partial charge >= 0.3 is 5.51 Å². The summed E-state index contributed by atoms with van der Waals surface area (Å²) in [7, 11) is 0. The molecule has 0 saturated heterocycles. The van der Waals surface area contributed by atoms with Crippen molar-refractivity contribution in [2.45, 2.75) is 17.3 Å². The van der Waals surface area contributed by atoms with Crippen molar-refractivity contribution in [2.75, 3.05) is 0 Å². The molecule has 0 fully saturated rings. The van der Waals surface area contributed by atoms with E-state index >= 15 is 0 Å². The first-order valence-corrected chi connectivity index (χ1v) is 4.70. The molecule has 1 aromatic carbocycles. The van der Waals surface area contributed by atoms with Crippen LogP contribution in [0, 0.1) is 12.7 Å². The molecule has 0 heterocycles. The average molecular weight is 245 g/mol. The van der Waals surface area contributed by atoms with Crippen LogP contribution in [0.25, 0.3) is 0 Å². The van der Waals surface area contributed by atoms with Crippen molar-refractivity contribution in [1.82, 2.24) is 0 Å². The molecule has 0 bridgehead atoms. The average Bonchev–Trinajstić information content (AvgIpc) is 1.96. The van der Waals surface area contributed by atoms with Crippen molar-refractivity contribution >= 4 is 23.4 Å². The van der Waals surface area contributed by atoms with E-state index in [2.05, 4.69) is 0 Å². The molecule has 1 aromatic rings. The fourth-order valence-corrected chi connectivity index (χ4v) is 1.90. The summed E-state index contributed by atoms with van der Waals surface area (Å²) in [6.45, 7) is 1.36. The van der Waals surface area contributed by atoms with Gasteiger partial charge in [0.15, 0.2) is 0 Å². The molecular formula is C8H5ClF4S. The van der Waals surface area contributed by atoms with Crippen LogP contribution in [-0.4, -0.2) is 5.51 Å². The summed E-state index contributed by atoms with van der Waals surface area (Å²) in [6.07, 6.45) is 0. The number of rotatable bonds is 1. The maximum Gasteiger partial charge on any atom is 0.446 e. The van der Waals surface area contributed by atoms with Crippen LogP contribution in [-0.2, 0) is 0 Å². The highest BCUT2D eigenvalue weighted by Gasteiger charge is 2.29. The fourth-order valence-electron chi connectivity index (χ4n) is 0.888. The summed E-state index contributed by atoms with van der Waals surface area (Å²) in [4.78, 5) is -0.110. The monoisotopic (exact) mass is 244 g/mol. The number of thioether (sulfide) groups is 1. The SMILES string of the molecule is Cc1cc(SC(F)(F)F)cc(Cl)c1F. The molecular weight excluding hydrogens is 240 g/mol. The number of alkyl halides is 3. The first-order valence-electron chi connectivity index (χ1n) is 3.51. The molecule has 0 aliphatic rings. The Hall–Kier alpha value is -0.420. The van der Waals surface area contributed by atoms with Crippen LogP contribution in [0.15, 0.2) is 17.0 Å². The molecule has 1 rings (SSSR count). The molecule has 0 unspecified atom stereocenters. The van der Waals surface area contributed by atoms with Crippen LogP contribution < -0.4 is 0 Å². The number of hydrogen-bond acceptors (Lipinski definition) is 1. The van der Waals surface area contributed by atoms with E-state index in [-0.39, 0.29) is 27.2 Å². The second-order valence-corrected chi connectivity index (χ2v) is 4.13. The van der Waals surface area contributed by atoms with Crippen LogP contribution in [0.5, 0.6) is 0 Å². The minimum atomic E-state index is -4.38. The van der Waals surface area contributed by atoms with Crippen LogP contribution >= 0.6 is 23.4 Å². The number of benzene rings is 1. The van der Waals surface area contributed by atoms with Crippen molar-refractivity contribution in [3.8, 4) is 0 Å². The van der Waals surface area contributed by atoms with Crippen molar-refractivity contribution < 1.29 is 17.6 Å². The van der Waals surface area contributed by atoms with Crippen molar-refractivity contribution in [2.24, 2.45) is 0 Å². The van der Waals surface area contributed by atoms with Gasteiger partial charge in [0.2, 0.25) is 0 Å². The third-order valence-corrected chi connectivity index (χ3v) is 2.40. The van der Waals surface area contributed by atoms with Gasteiger partial charge in [0.25, 0.3) is 0 Å². The molecule has 0 amide bonds. The van der Waals surface area contributed by atoms with E-state index in [1.807, 2.05) is 0 Å². The molecule has 0 spiro atoms. The molecule has 0 radical (unpaired) electrons. The molecule has 0 atom stereocenters. The highest BCUT2D eigenvalue weighted by molar-refractivity contribution is 8.00. The van der Waals surface area contributed by atoms with Gasteiger partial charge in [0.05, 0.1) is 5.02 Å². The Labute approximate surface area is 87.2 Å². The second kappa shape index (κ2) is 3.98. The first-order chi connectivity index (χ1) is 6.29. The van der Waals surface area contributed by atoms with E-state index in [0.717, 1.165) is 12.1 Å². The van der Waals surface area contributed by atoms with Crippen molar-refractivity contribution in [3.05, 3.63) is 28.5 Å². The van der Waals surface area contributed by atoms with Gasteiger partial charge in [-0.2, -0.15) is 13.2 Å². The predicted molar refractivity (Wildman–Crippen MR) is 48.1 cm³/mol. The largest absolute Gasteiger partial charge is 0.446 e. The maximum absolute atomic E-state index is 12.9. The standard InChI is InChI=1S/C8H5ClF4S/c1-4-2-5(14-8(11,12)13)3-6(9)7(4)10/h2-3H,1H3. The predicted octanol–water partition coefficient (Wildman–Crippen LogP) is 4.40. The lowest BCUT2D eigenvalue weighted by Gasteiger charge is -2.07. The zero-order chi connectivity index (χ0) is 10.9. The Kier molecular flexibility index (Phi) is 3.32. The highest BCUT2D eigenvalue weighted by atomic mass is 35.5. The number of halogens is 5. The third kappa shape index (κ3) is 3.06. The minimum absolute atomic E-state index is 0.101.